The second-order valence-electron chi connectivity index (χ2n) is 6.24. The Kier molecular flexibility index (Phi) is 2.81. The number of fused-ring (bicyclic) bond motifs is 5. The van der Waals surface area contributed by atoms with Crippen molar-refractivity contribution in [3.63, 3.8) is 0 Å². The van der Waals surface area contributed by atoms with Crippen LogP contribution in [0.1, 0.15) is 19.3 Å². The smallest absolute Gasteiger partial charge is 0.175 e. The largest absolute Gasteiger partial charge is 0.394 e. The number of ketones is 1. The zero-order valence-electron chi connectivity index (χ0n) is 10.8. The van der Waals surface area contributed by atoms with Crippen LogP contribution in [0.3, 0.4) is 0 Å². The summed E-state index contributed by atoms with van der Waals surface area (Å²) in [6.07, 6.45) is 7.92. The molecule has 2 bridgehead atoms. The van der Waals surface area contributed by atoms with Gasteiger partial charge in [0.2, 0.25) is 0 Å². The number of nitrogens with zero attached hydrogens (tertiary/aromatic N) is 1. The summed E-state index contributed by atoms with van der Waals surface area (Å²) in [5.74, 6) is 2.00. The molecule has 4 rings (SSSR count). The SMILES string of the molecule is O=C1C(I)=C(N2CCCC2CO)C2C3C=CC(C3)C12. The van der Waals surface area contributed by atoms with E-state index in [2.05, 4.69) is 39.6 Å². The Morgan fingerprint density at radius 2 is 2.05 bits per heavy atom. The third kappa shape index (κ3) is 1.56. The number of Topliss-reactive ketones (excluding diaryl/α,β-unsaturated/α-hetero) is 1. The molecule has 0 aromatic carbocycles. The number of likely N-dealkylation sites (tertiary alicyclic amines) is 1. The Bertz CT molecular complexity index is 498. The van der Waals surface area contributed by atoms with Crippen LogP contribution in [-0.4, -0.2) is 35.0 Å². The summed E-state index contributed by atoms with van der Waals surface area (Å²) in [5.41, 5.74) is 1.27. The van der Waals surface area contributed by atoms with Crippen molar-refractivity contribution in [2.24, 2.45) is 23.7 Å². The minimum atomic E-state index is 0.205. The zero-order valence-corrected chi connectivity index (χ0v) is 12.9. The molecule has 1 saturated carbocycles. The first kappa shape index (κ1) is 12.4. The highest BCUT2D eigenvalue weighted by Gasteiger charge is 2.56. The number of carbonyl (C=O) groups excluding carboxylic acids is 1. The van der Waals surface area contributed by atoms with Gasteiger partial charge in [-0.3, -0.25) is 4.79 Å². The fraction of sp³-hybridized carbons (Fsp3) is 0.667. The van der Waals surface area contributed by atoms with Gasteiger partial charge in [0.15, 0.2) is 5.78 Å². The first-order valence-electron chi connectivity index (χ1n) is 7.22. The maximum Gasteiger partial charge on any atom is 0.175 e. The van der Waals surface area contributed by atoms with Gasteiger partial charge in [0.25, 0.3) is 0 Å². The summed E-state index contributed by atoms with van der Waals surface area (Å²) >= 11 is 2.25. The molecule has 2 fully saturated rings. The Hall–Kier alpha value is -0.360. The van der Waals surface area contributed by atoms with Gasteiger partial charge in [0.05, 0.1) is 16.2 Å². The van der Waals surface area contributed by atoms with Gasteiger partial charge in [-0.25, -0.2) is 0 Å². The standard InChI is InChI=1S/C15H18INO2/c16-13-14(17-5-1-2-10(17)7-18)11-8-3-4-9(6-8)12(11)15(13)19/h3-4,8-12,18H,1-2,5-7H2. The lowest BCUT2D eigenvalue weighted by Gasteiger charge is -2.33. The fourth-order valence-corrected chi connectivity index (χ4v) is 5.66. The Balaban J connectivity index is 1.74. The van der Waals surface area contributed by atoms with Crippen LogP contribution in [0.15, 0.2) is 21.4 Å². The van der Waals surface area contributed by atoms with E-state index in [-0.39, 0.29) is 18.6 Å². The van der Waals surface area contributed by atoms with Crippen molar-refractivity contribution in [1.29, 1.82) is 0 Å². The molecule has 0 amide bonds. The van der Waals surface area contributed by atoms with Crippen molar-refractivity contribution in [3.05, 3.63) is 21.4 Å². The van der Waals surface area contributed by atoms with E-state index in [9.17, 15) is 9.90 Å². The highest BCUT2D eigenvalue weighted by molar-refractivity contribution is 14.1. The molecule has 1 aliphatic heterocycles. The number of allylic oxidation sites excluding steroid dienone is 4. The lowest BCUT2D eigenvalue weighted by Crippen LogP contribution is -2.35. The summed E-state index contributed by atoms with van der Waals surface area (Å²) in [5, 5.41) is 9.56. The van der Waals surface area contributed by atoms with Crippen LogP contribution in [0.4, 0.5) is 0 Å². The van der Waals surface area contributed by atoms with Gasteiger partial charge in [-0.15, -0.1) is 0 Å². The van der Waals surface area contributed by atoms with Crippen LogP contribution in [-0.2, 0) is 4.79 Å². The van der Waals surface area contributed by atoms with Gasteiger partial charge in [-0.1, -0.05) is 12.2 Å². The van der Waals surface area contributed by atoms with Crippen LogP contribution < -0.4 is 0 Å². The van der Waals surface area contributed by atoms with Crippen molar-refractivity contribution in [2.45, 2.75) is 25.3 Å². The average Bonchev–Trinajstić information content (AvgIpc) is 3.14. The van der Waals surface area contributed by atoms with E-state index < -0.39 is 0 Å². The van der Waals surface area contributed by atoms with Gasteiger partial charge >= 0.3 is 0 Å². The molecular formula is C15H18INO2. The van der Waals surface area contributed by atoms with Gasteiger partial charge < -0.3 is 10.0 Å². The molecule has 19 heavy (non-hydrogen) atoms. The Morgan fingerprint density at radius 1 is 1.32 bits per heavy atom. The van der Waals surface area contributed by atoms with Crippen LogP contribution in [0.25, 0.3) is 0 Å². The van der Waals surface area contributed by atoms with E-state index in [1.165, 1.54) is 5.70 Å². The fourth-order valence-electron chi connectivity index (χ4n) is 4.63. The first-order valence-corrected chi connectivity index (χ1v) is 8.30. The molecule has 102 valence electrons. The topological polar surface area (TPSA) is 40.5 Å². The quantitative estimate of drug-likeness (QED) is 0.597. The minimum Gasteiger partial charge on any atom is -0.394 e. The second-order valence-corrected chi connectivity index (χ2v) is 7.31. The van der Waals surface area contributed by atoms with Crippen LogP contribution in [0.2, 0.25) is 0 Å². The van der Waals surface area contributed by atoms with E-state index in [1.807, 2.05) is 0 Å². The van der Waals surface area contributed by atoms with Gasteiger partial charge in [0.1, 0.15) is 0 Å². The molecule has 1 saturated heterocycles. The average molecular weight is 371 g/mol. The number of hydrogen-bond donors (Lipinski definition) is 1. The highest BCUT2D eigenvalue weighted by Crippen LogP contribution is 2.58. The maximum absolute atomic E-state index is 12.6. The monoisotopic (exact) mass is 371 g/mol. The van der Waals surface area contributed by atoms with Gasteiger partial charge in [-0.2, -0.15) is 0 Å². The number of hydrogen-bond acceptors (Lipinski definition) is 3. The molecule has 5 atom stereocenters. The number of aliphatic hydroxyl groups is 1. The highest BCUT2D eigenvalue weighted by atomic mass is 127. The summed E-state index contributed by atoms with van der Waals surface area (Å²) in [6, 6.07) is 0.231. The molecular weight excluding hydrogens is 353 g/mol. The lowest BCUT2D eigenvalue weighted by molar-refractivity contribution is -0.118. The van der Waals surface area contributed by atoms with E-state index in [4.69, 9.17) is 0 Å². The minimum absolute atomic E-state index is 0.205. The van der Waals surface area contributed by atoms with E-state index in [0.29, 0.717) is 23.5 Å². The molecule has 0 spiro atoms. The number of halogens is 1. The summed E-state index contributed by atoms with van der Waals surface area (Å²) in [6.45, 7) is 1.22. The number of rotatable bonds is 2. The van der Waals surface area contributed by atoms with Crippen LogP contribution >= 0.6 is 22.6 Å². The second kappa shape index (κ2) is 4.32. The third-order valence-corrected chi connectivity index (χ3v) is 6.50. The predicted octanol–water partition coefficient (Wildman–Crippen LogP) is 2.11. The van der Waals surface area contributed by atoms with Crippen LogP contribution in [0.5, 0.6) is 0 Å². The van der Waals surface area contributed by atoms with Crippen molar-refractivity contribution in [1.82, 2.24) is 4.90 Å². The Morgan fingerprint density at radius 3 is 2.79 bits per heavy atom. The molecule has 3 aliphatic carbocycles. The molecule has 4 aliphatic rings. The maximum atomic E-state index is 12.6. The summed E-state index contributed by atoms with van der Waals surface area (Å²) in [4.78, 5) is 14.9. The van der Waals surface area contributed by atoms with E-state index in [1.54, 1.807) is 0 Å². The molecule has 1 heterocycles. The summed E-state index contributed by atoms with van der Waals surface area (Å²) in [7, 11) is 0. The molecule has 0 radical (unpaired) electrons. The molecule has 4 heteroatoms. The molecule has 0 aromatic rings. The van der Waals surface area contributed by atoms with E-state index >= 15 is 0 Å². The van der Waals surface area contributed by atoms with Crippen molar-refractivity contribution in [3.8, 4) is 0 Å². The summed E-state index contributed by atoms with van der Waals surface area (Å²) < 4.78 is 0.950. The van der Waals surface area contributed by atoms with Crippen LogP contribution in [0, 0.1) is 23.7 Å². The molecule has 0 aromatic heterocycles. The van der Waals surface area contributed by atoms with Crippen molar-refractivity contribution < 1.29 is 9.90 Å². The first-order chi connectivity index (χ1) is 9.22. The van der Waals surface area contributed by atoms with Gasteiger partial charge in [-0.05, 0) is 53.7 Å². The number of aliphatic hydroxyl groups excluding tert-OH is 1. The molecule has 1 N–H and O–H groups in total. The van der Waals surface area contributed by atoms with Crippen molar-refractivity contribution >= 4 is 28.4 Å². The lowest BCUT2D eigenvalue weighted by atomic mass is 9.83. The normalized spacial score (nSPS) is 43.8. The molecule has 5 unspecified atom stereocenters. The predicted molar refractivity (Wildman–Crippen MR) is 80.6 cm³/mol. The third-order valence-electron chi connectivity index (χ3n) is 5.42. The zero-order chi connectivity index (χ0) is 13.1. The van der Waals surface area contributed by atoms with Gasteiger partial charge in [0, 0.05) is 24.1 Å². The van der Waals surface area contributed by atoms with E-state index in [0.717, 1.165) is 29.4 Å². The Labute approximate surface area is 126 Å². The van der Waals surface area contributed by atoms with Crippen molar-refractivity contribution in [2.75, 3.05) is 13.2 Å². The number of carbonyl (C=O) groups is 1. The molecule has 3 nitrogen and oxygen atoms in total.